The molecule has 0 bridgehead atoms. The summed E-state index contributed by atoms with van der Waals surface area (Å²) in [6, 6.07) is 0. The number of aliphatic hydroxyl groups excluding tert-OH is 1. The lowest BCUT2D eigenvalue weighted by Gasteiger charge is -2.62. The van der Waals surface area contributed by atoms with E-state index in [0.29, 0.717) is 12.7 Å². The van der Waals surface area contributed by atoms with Crippen molar-refractivity contribution in [3.8, 4) is 0 Å². The standard InChI is InChI=1S/C21H26F2O4/c1-11-6-13-14-8-16(22)15-7-12(25)4-5-18(15,2)21(14,23)17(26)9-19(13,3)20(11,27)10-24/h4-5,7,10-11,13-14,16-17,26-27H,6,8-9H2,1-3H3/t11-,13?,14?,16+,17?,18?,19?,20-,21+/m1/s1. The zero-order valence-corrected chi connectivity index (χ0v) is 15.8. The fourth-order valence-corrected chi connectivity index (χ4v) is 6.82. The quantitative estimate of drug-likeness (QED) is 0.686. The SMILES string of the molecule is C[C@@H]1CC2C3C[C@H](F)C4=CC(=O)C=CC4(C)[C@@]3(F)C(O)CC2(C)[C@@]1(O)C=O. The summed E-state index contributed by atoms with van der Waals surface area (Å²) < 4.78 is 31.9. The van der Waals surface area contributed by atoms with Crippen molar-refractivity contribution in [3.63, 3.8) is 0 Å². The third kappa shape index (κ3) is 1.93. The number of fused-ring (bicyclic) bond motifs is 5. The fourth-order valence-electron chi connectivity index (χ4n) is 6.82. The van der Waals surface area contributed by atoms with Gasteiger partial charge in [-0.3, -0.25) is 4.79 Å². The first-order valence-electron chi connectivity index (χ1n) is 9.60. The van der Waals surface area contributed by atoms with E-state index in [-0.39, 0.29) is 24.2 Å². The summed E-state index contributed by atoms with van der Waals surface area (Å²) >= 11 is 0. The molecule has 0 aromatic heterocycles. The summed E-state index contributed by atoms with van der Waals surface area (Å²) in [5, 5.41) is 22.0. The molecular weight excluding hydrogens is 354 g/mol. The largest absolute Gasteiger partial charge is 0.390 e. The van der Waals surface area contributed by atoms with E-state index in [0.717, 1.165) is 6.08 Å². The van der Waals surface area contributed by atoms with Gasteiger partial charge in [0.2, 0.25) is 0 Å². The number of aldehydes is 1. The number of allylic oxidation sites excluding steroid dienone is 4. The number of hydrogen-bond acceptors (Lipinski definition) is 4. The van der Waals surface area contributed by atoms with Gasteiger partial charge in [-0.2, -0.15) is 0 Å². The van der Waals surface area contributed by atoms with Crippen molar-refractivity contribution in [1.82, 2.24) is 0 Å². The summed E-state index contributed by atoms with van der Waals surface area (Å²) in [7, 11) is 0. The smallest absolute Gasteiger partial charge is 0.178 e. The minimum atomic E-state index is -2.17. The summed E-state index contributed by atoms with van der Waals surface area (Å²) in [6.45, 7) is 4.99. The lowest BCUT2D eigenvalue weighted by molar-refractivity contribution is -0.220. The average molecular weight is 380 g/mol. The van der Waals surface area contributed by atoms with E-state index in [2.05, 4.69) is 0 Å². The first kappa shape index (κ1) is 18.9. The second-order valence-corrected chi connectivity index (χ2v) is 9.44. The molecule has 0 aliphatic heterocycles. The molecule has 0 aromatic carbocycles. The third-order valence-corrected chi connectivity index (χ3v) is 8.47. The Hall–Kier alpha value is -1.40. The molecule has 4 aliphatic rings. The van der Waals surface area contributed by atoms with Crippen LogP contribution in [0.15, 0.2) is 23.8 Å². The van der Waals surface area contributed by atoms with Crippen LogP contribution in [0.25, 0.3) is 0 Å². The molecule has 4 rings (SSSR count). The highest BCUT2D eigenvalue weighted by molar-refractivity contribution is 6.01. The second-order valence-electron chi connectivity index (χ2n) is 9.44. The highest BCUT2D eigenvalue weighted by atomic mass is 19.1. The Morgan fingerprint density at radius 1 is 1.26 bits per heavy atom. The van der Waals surface area contributed by atoms with Gasteiger partial charge < -0.3 is 15.0 Å². The Labute approximate surface area is 157 Å². The van der Waals surface area contributed by atoms with E-state index in [9.17, 15) is 19.8 Å². The molecule has 0 aromatic rings. The molecule has 27 heavy (non-hydrogen) atoms. The molecule has 5 unspecified atom stereocenters. The van der Waals surface area contributed by atoms with Crippen molar-refractivity contribution in [3.05, 3.63) is 23.8 Å². The molecule has 2 N–H and O–H groups in total. The monoisotopic (exact) mass is 380 g/mol. The lowest BCUT2D eigenvalue weighted by atomic mass is 9.44. The molecule has 3 saturated carbocycles. The molecular formula is C21H26F2O4. The molecule has 0 amide bonds. The molecule has 4 nitrogen and oxygen atoms in total. The first-order chi connectivity index (χ1) is 12.5. The van der Waals surface area contributed by atoms with Crippen LogP contribution in [0.3, 0.4) is 0 Å². The van der Waals surface area contributed by atoms with Crippen LogP contribution in [0.5, 0.6) is 0 Å². The maximum atomic E-state index is 16.7. The van der Waals surface area contributed by atoms with Crippen molar-refractivity contribution < 1.29 is 28.6 Å². The minimum absolute atomic E-state index is 0.0769. The van der Waals surface area contributed by atoms with E-state index < -0.39 is 52.1 Å². The summed E-state index contributed by atoms with van der Waals surface area (Å²) in [4.78, 5) is 23.5. The molecule has 148 valence electrons. The van der Waals surface area contributed by atoms with Crippen LogP contribution in [0.4, 0.5) is 8.78 Å². The molecule has 4 aliphatic carbocycles. The van der Waals surface area contributed by atoms with E-state index in [4.69, 9.17) is 0 Å². The van der Waals surface area contributed by atoms with Crippen molar-refractivity contribution in [2.45, 2.75) is 63.6 Å². The van der Waals surface area contributed by atoms with Gasteiger partial charge in [0.1, 0.15) is 11.8 Å². The number of hydrogen-bond donors (Lipinski definition) is 2. The Bertz CT molecular complexity index is 778. The molecule has 9 atom stereocenters. The summed E-state index contributed by atoms with van der Waals surface area (Å²) in [5.74, 6) is -2.10. The van der Waals surface area contributed by atoms with E-state index in [1.807, 2.05) is 0 Å². The number of aliphatic hydroxyl groups is 2. The summed E-state index contributed by atoms with van der Waals surface area (Å²) in [6.07, 6.45) is 1.42. The van der Waals surface area contributed by atoms with Crippen molar-refractivity contribution in [2.75, 3.05) is 0 Å². The zero-order chi connectivity index (χ0) is 20.0. The van der Waals surface area contributed by atoms with Gasteiger partial charge >= 0.3 is 0 Å². The predicted molar refractivity (Wildman–Crippen MR) is 94.2 cm³/mol. The molecule has 3 fully saturated rings. The van der Waals surface area contributed by atoms with Crippen molar-refractivity contribution in [2.24, 2.45) is 28.6 Å². The normalized spacial score (nSPS) is 56.8. The van der Waals surface area contributed by atoms with Crippen LogP contribution in [0.1, 0.15) is 40.0 Å². The zero-order valence-electron chi connectivity index (χ0n) is 15.8. The van der Waals surface area contributed by atoms with Crippen LogP contribution >= 0.6 is 0 Å². The van der Waals surface area contributed by atoms with E-state index >= 15 is 8.78 Å². The Balaban J connectivity index is 1.88. The highest BCUT2D eigenvalue weighted by Crippen LogP contribution is 2.70. The average Bonchev–Trinajstić information content (AvgIpc) is 2.80. The Morgan fingerprint density at radius 2 is 1.93 bits per heavy atom. The minimum Gasteiger partial charge on any atom is -0.390 e. The van der Waals surface area contributed by atoms with Gasteiger partial charge in [0.15, 0.2) is 17.7 Å². The van der Waals surface area contributed by atoms with E-state index in [1.165, 1.54) is 19.1 Å². The number of rotatable bonds is 1. The third-order valence-electron chi connectivity index (χ3n) is 8.47. The Morgan fingerprint density at radius 3 is 2.56 bits per heavy atom. The van der Waals surface area contributed by atoms with Gasteiger partial charge in [0.25, 0.3) is 0 Å². The van der Waals surface area contributed by atoms with Crippen LogP contribution in [-0.4, -0.2) is 45.8 Å². The first-order valence-corrected chi connectivity index (χ1v) is 9.60. The Kier molecular flexibility index (Phi) is 3.75. The topological polar surface area (TPSA) is 74.6 Å². The van der Waals surface area contributed by atoms with Gasteiger partial charge in [0.05, 0.1) is 6.10 Å². The van der Waals surface area contributed by atoms with Crippen LogP contribution < -0.4 is 0 Å². The van der Waals surface area contributed by atoms with Crippen molar-refractivity contribution in [1.29, 1.82) is 0 Å². The number of halogens is 2. The highest BCUT2D eigenvalue weighted by Gasteiger charge is 2.75. The van der Waals surface area contributed by atoms with Crippen molar-refractivity contribution >= 4 is 12.1 Å². The number of alkyl halides is 2. The fraction of sp³-hybridized carbons (Fsp3) is 0.714. The van der Waals surface area contributed by atoms with Gasteiger partial charge in [-0.15, -0.1) is 0 Å². The molecule has 6 heteroatoms. The van der Waals surface area contributed by atoms with Gasteiger partial charge in [-0.1, -0.05) is 19.9 Å². The molecule has 0 heterocycles. The van der Waals surface area contributed by atoms with Crippen LogP contribution in [0.2, 0.25) is 0 Å². The van der Waals surface area contributed by atoms with Crippen LogP contribution in [-0.2, 0) is 9.59 Å². The number of ketones is 1. The van der Waals surface area contributed by atoms with Gasteiger partial charge in [-0.05, 0) is 55.7 Å². The molecule has 0 spiro atoms. The summed E-state index contributed by atoms with van der Waals surface area (Å²) in [5.41, 5.74) is -6.24. The van der Waals surface area contributed by atoms with Gasteiger partial charge in [0, 0.05) is 16.7 Å². The predicted octanol–water partition coefficient (Wildman–Crippen LogP) is 2.48. The number of carbonyl (C=O) groups excluding carboxylic acids is 2. The maximum absolute atomic E-state index is 16.7. The van der Waals surface area contributed by atoms with E-state index in [1.54, 1.807) is 13.8 Å². The molecule has 0 saturated heterocycles. The maximum Gasteiger partial charge on any atom is 0.178 e. The lowest BCUT2D eigenvalue weighted by Crippen LogP contribution is -2.69. The van der Waals surface area contributed by atoms with Gasteiger partial charge in [-0.25, -0.2) is 8.78 Å². The van der Waals surface area contributed by atoms with Crippen LogP contribution in [0, 0.1) is 28.6 Å². The second kappa shape index (κ2) is 5.35. The molecule has 0 radical (unpaired) electrons. The number of carbonyl (C=O) groups is 2.